The summed E-state index contributed by atoms with van der Waals surface area (Å²) in [5, 5.41) is 2.77. The zero-order valence-corrected chi connectivity index (χ0v) is 11.9. The van der Waals surface area contributed by atoms with Crippen LogP contribution in [0.25, 0.3) is 0 Å². The molecule has 1 heterocycles. The number of piperazine rings is 1. The maximum absolute atomic E-state index is 12.5. The second kappa shape index (κ2) is 5.63. The van der Waals surface area contributed by atoms with Crippen LogP contribution >= 0.6 is 0 Å². The fourth-order valence-electron chi connectivity index (χ4n) is 2.36. The Kier molecular flexibility index (Phi) is 4.09. The van der Waals surface area contributed by atoms with Crippen LogP contribution in [0, 0.1) is 0 Å². The first-order valence-corrected chi connectivity index (χ1v) is 6.78. The number of hydrogen-bond acceptors (Lipinski definition) is 3. The number of nitrogens with one attached hydrogen (secondary N) is 1. The predicted octanol–water partition coefficient (Wildman–Crippen LogP) is 0.293. The van der Waals surface area contributed by atoms with E-state index in [2.05, 4.69) is 5.32 Å². The van der Waals surface area contributed by atoms with Crippen molar-refractivity contribution in [1.82, 2.24) is 10.2 Å². The van der Waals surface area contributed by atoms with Crippen molar-refractivity contribution in [2.75, 3.05) is 13.1 Å². The van der Waals surface area contributed by atoms with Crippen molar-refractivity contribution in [3.8, 4) is 0 Å². The number of rotatable bonds is 3. The summed E-state index contributed by atoms with van der Waals surface area (Å²) in [6.07, 6.45) is 0.480. The minimum Gasteiger partial charge on any atom is -0.352 e. The van der Waals surface area contributed by atoms with Crippen LogP contribution in [0.1, 0.15) is 19.4 Å². The average Bonchev–Trinajstić information content (AvgIpc) is 2.42. The Bertz CT molecular complexity index is 499. The average molecular weight is 275 g/mol. The summed E-state index contributed by atoms with van der Waals surface area (Å²) < 4.78 is 0. The Morgan fingerprint density at radius 2 is 2.05 bits per heavy atom. The third-order valence-electron chi connectivity index (χ3n) is 3.63. The van der Waals surface area contributed by atoms with Gasteiger partial charge in [0.25, 0.3) is 0 Å². The van der Waals surface area contributed by atoms with Crippen molar-refractivity contribution >= 4 is 11.8 Å². The van der Waals surface area contributed by atoms with Gasteiger partial charge in [-0.25, -0.2) is 0 Å². The number of benzene rings is 1. The van der Waals surface area contributed by atoms with Gasteiger partial charge < -0.3 is 16.0 Å². The number of carbonyl (C=O) groups is 2. The molecule has 1 aliphatic heterocycles. The number of nitrogens with two attached hydrogens (primary N) is 1. The minimum absolute atomic E-state index is 0.0777. The Morgan fingerprint density at radius 1 is 1.40 bits per heavy atom. The lowest BCUT2D eigenvalue weighted by atomic mass is 9.97. The van der Waals surface area contributed by atoms with Crippen LogP contribution < -0.4 is 11.1 Å². The SMILES string of the molecule is CC1(C)CNC(=O)CN1C(=O)C(N)Cc1ccccc1. The molecule has 1 fully saturated rings. The molecule has 20 heavy (non-hydrogen) atoms. The van der Waals surface area contributed by atoms with Crippen LogP contribution in [0.3, 0.4) is 0 Å². The van der Waals surface area contributed by atoms with Gasteiger partial charge in [0.1, 0.15) is 6.54 Å². The van der Waals surface area contributed by atoms with Gasteiger partial charge in [0.05, 0.1) is 11.6 Å². The van der Waals surface area contributed by atoms with E-state index < -0.39 is 11.6 Å². The van der Waals surface area contributed by atoms with Crippen molar-refractivity contribution in [3.63, 3.8) is 0 Å². The summed E-state index contributed by atoms with van der Waals surface area (Å²) in [5.41, 5.74) is 6.64. The van der Waals surface area contributed by atoms with Gasteiger partial charge in [-0.1, -0.05) is 30.3 Å². The largest absolute Gasteiger partial charge is 0.352 e. The highest BCUT2D eigenvalue weighted by atomic mass is 16.2. The Morgan fingerprint density at radius 3 is 2.70 bits per heavy atom. The Balaban J connectivity index is 2.07. The summed E-state index contributed by atoms with van der Waals surface area (Å²) in [6.45, 7) is 4.39. The molecule has 5 heteroatoms. The molecule has 0 radical (unpaired) electrons. The highest BCUT2D eigenvalue weighted by molar-refractivity contribution is 5.89. The van der Waals surface area contributed by atoms with Gasteiger partial charge in [0.15, 0.2) is 0 Å². The van der Waals surface area contributed by atoms with Crippen LogP contribution in [0.4, 0.5) is 0 Å². The van der Waals surface area contributed by atoms with Crippen molar-refractivity contribution < 1.29 is 9.59 Å². The van der Waals surface area contributed by atoms with Crippen LogP contribution in [0.15, 0.2) is 30.3 Å². The fraction of sp³-hybridized carbons (Fsp3) is 0.467. The molecule has 0 bridgehead atoms. The van der Waals surface area contributed by atoms with E-state index >= 15 is 0 Å². The number of nitrogens with zero attached hydrogens (tertiary/aromatic N) is 1. The molecule has 108 valence electrons. The van der Waals surface area contributed by atoms with Gasteiger partial charge in [-0.15, -0.1) is 0 Å². The van der Waals surface area contributed by atoms with Crippen LogP contribution in [0.5, 0.6) is 0 Å². The number of amides is 2. The van der Waals surface area contributed by atoms with E-state index in [0.29, 0.717) is 13.0 Å². The van der Waals surface area contributed by atoms with Crippen molar-refractivity contribution in [2.45, 2.75) is 31.8 Å². The second-order valence-corrected chi connectivity index (χ2v) is 5.81. The lowest BCUT2D eigenvalue weighted by molar-refractivity contribution is -0.146. The van der Waals surface area contributed by atoms with Crippen molar-refractivity contribution in [1.29, 1.82) is 0 Å². The molecule has 0 spiro atoms. The van der Waals surface area contributed by atoms with Gasteiger partial charge in [-0.3, -0.25) is 9.59 Å². The minimum atomic E-state index is -0.623. The summed E-state index contributed by atoms with van der Waals surface area (Å²) in [7, 11) is 0. The van der Waals surface area contributed by atoms with E-state index in [0.717, 1.165) is 5.56 Å². The molecule has 3 N–H and O–H groups in total. The van der Waals surface area contributed by atoms with Crippen LogP contribution in [0.2, 0.25) is 0 Å². The molecule has 1 aromatic carbocycles. The summed E-state index contributed by atoms with van der Waals surface area (Å²) in [5.74, 6) is -0.307. The molecule has 0 aromatic heterocycles. The van der Waals surface area contributed by atoms with Crippen LogP contribution in [-0.2, 0) is 16.0 Å². The van der Waals surface area contributed by atoms with Gasteiger partial charge in [-0.05, 0) is 25.8 Å². The van der Waals surface area contributed by atoms with E-state index in [4.69, 9.17) is 5.73 Å². The topological polar surface area (TPSA) is 75.4 Å². The van der Waals surface area contributed by atoms with E-state index in [1.165, 1.54) is 0 Å². The molecule has 1 saturated heterocycles. The Hall–Kier alpha value is -1.88. The number of carbonyl (C=O) groups excluding carboxylic acids is 2. The lowest BCUT2D eigenvalue weighted by Gasteiger charge is -2.43. The monoisotopic (exact) mass is 275 g/mol. The van der Waals surface area contributed by atoms with Gasteiger partial charge in [0.2, 0.25) is 11.8 Å². The smallest absolute Gasteiger partial charge is 0.240 e. The molecular weight excluding hydrogens is 254 g/mol. The molecule has 0 saturated carbocycles. The highest BCUT2D eigenvalue weighted by Crippen LogP contribution is 2.18. The molecule has 2 amide bonds. The van der Waals surface area contributed by atoms with E-state index in [1.807, 2.05) is 44.2 Å². The normalized spacial score (nSPS) is 19.4. The van der Waals surface area contributed by atoms with E-state index in [-0.39, 0.29) is 18.4 Å². The first-order chi connectivity index (χ1) is 9.40. The molecule has 1 atom stereocenters. The molecule has 1 aromatic rings. The molecule has 1 unspecified atom stereocenters. The molecule has 5 nitrogen and oxygen atoms in total. The summed E-state index contributed by atoms with van der Waals surface area (Å²) in [6, 6.07) is 9.04. The lowest BCUT2D eigenvalue weighted by Crippen LogP contribution is -2.64. The standard InChI is InChI=1S/C15H21N3O2/c1-15(2)10-17-13(19)9-18(15)14(20)12(16)8-11-6-4-3-5-7-11/h3-7,12H,8-10,16H2,1-2H3,(H,17,19). The molecule has 0 aliphatic carbocycles. The molecular formula is C15H21N3O2. The predicted molar refractivity (Wildman–Crippen MR) is 76.9 cm³/mol. The number of hydrogen-bond donors (Lipinski definition) is 2. The quantitative estimate of drug-likeness (QED) is 0.832. The summed E-state index contributed by atoms with van der Waals surface area (Å²) >= 11 is 0. The Labute approximate surface area is 119 Å². The summed E-state index contributed by atoms with van der Waals surface area (Å²) in [4.78, 5) is 25.6. The zero-order chi connectivity index (χ0) is 14.8. The fourth-order valence-corrected chi connectivity index (χ4v) is 2.36. The van der Waals surface area contributed by atoms with Crippen molar-refractivity contribution in [3.05, 3.63) is 35.9 Å². The molecule has 1 aliphatic rings. The second-order valence-electron chi connectivity index (χ2n) is 5.81. The van der Waals surface area contributed by atoms with Gasteiger partial charge >= 0.3 is 0 Å². The first kappa shape index (κ1) is 14.5. The highest BCUT2D eigenvalue weighted by Gasteiger charge is 2.38. The molecule has 2 rings (SSSR count). The zero-order valence-electron chi connectivity index (χ0n) is 11.9. The van der Waals surface area contributed by atoms with Crippen LogP contribution in [-0.4, -0.2) is 41.4 Å². The third kappa shape index (κ3) is 3.17. The maximum atomic E-state index is 12.5. The first-order valence-electron chi connectivity index (χ1n) is 6.78. The van der Waals surface area contributed by atoms with Crippen molar-refractivity contribution in [2.24, 2.45) is 5.73 Å². The van der Waals surface area contributed by atoms with Gasteiger partial charge in [-0.2, -0.15) is 0 Å². The van der Waals surface area contributed by atoms with E-state index in [1.54, 1.807) is 4.90 Å². The van der Waals surface area contributed by atoms with Gasteiger partial charge in [0, 0.05) is 6.54 Å². The maximum Gasteiger partial charge on any atom is 0.240 e. The third-order valence-corrected chi connectivity index (χ3v) is 3.63. The van der Waals surface area contributed by atoms with E-state index in [9.17, 15) is 9.59 Å².